The van der Waals surface area contributed by atoms with E-state index in [1.54, 1.807) is 18.2 Å². The molecule has 0 radical (unpaired) electrons. The fourth-order valence-electron chi connectivity index (χ4n) is 3.27. The Kier molecular flexibility index (Phi) is 8.86. The van der Waals surface area contributed by atoms with Crippen molar-refractivity contribution < 1.29 is 41.1 Å². The molecule has 3 aromatic rings. The second-order valence-corrected chi connectivity index (χ2v) is 8.89. The Bertz CT molecular complexity index is 1360. The third-order valence-electron chi connectivity index (χ3n) is 5.13. The van der Waals surface area contributed by atoms with Gasteiger partial charge >= 0.3 is 10.1 Å². The van der Waals surface area contributed by atoms with Gasteiger partial charge < -0.3 is 33.2 Å². The lowest BCUT2D eigenvalue weighted by molar-refractivity contribution is -0.111. The number of hydrogen-bond donors (Lipinski definition) is 1. The summed E-state index contributed by atoms with van der Waals surface area (Å²) >= 11 is 0. The van der Waals surface area contributed by atoms with E-state index in [9.17, 15) is 13.2 Å². The SMILES string of the molecule is COc1ccc(S(=O)(=O)Oc2cc(NC(=O)C=Cc3c(OC)cc(OC)cc3OC)ccc2OC)cc1. The molecule has 1 N–H and O–H groups in total. The summed E-state index contributed by atoms with van der Waals surface area (Å²) in [4.78, 5) is 12.6. The molecule has 0 aliphatic heterocycles. The second-order valence-electron chi connectivity index (χ2n) is 7.35. The van der Waals surface area contributed by atoms with Gasteiger partial charge in [-0.1, -0.05) is 0 Å². The van der Waals surface area contributed by atoms with Crippen molar-refractivity contribution in [3.05, 3.63) is 66.2 Å². The summed E-state index contributed by atoms with van der Waals surface area (Å²) in [5, 5.41) is 2.66. The summed E-state index contributed by atoms with van der Waals surface area (Å²) in [5.41, 5.74) is 0.814. The number of amides is 1. The molecule has 0 unspecified atom stereocenters. The standard InChI is InChI=1S/C26H27NO9S/c1-31-18-7-9-20(10-8-18)37(29,30)36-25-14-17(6-12-22(25)33-3)27-26(28)13-11-21-23(34-4)15-19(32-2)16-24(21)35-5/h6-16H,1-5H3,(H,27,28). The van der Waals surface area contributed by atoms with Crippen LogP contribution in [-0.2, 0) is 14.9 Å². The molecule has 3 rings (SSSR count). The number of benzene rings is 3. The molecule has 0 saturated carbocycles. The van der Waals surface area contributed by atoms with Crippen LogP contribution in [0.15, 0.2) is 65.6 Å². The van der Waals surface area contributed by atoms with E-state index in [2.05, 4.69) is 5.32 Å². The van der Waals surface area contributed by atoms with E-state index in [4.69, 9.17) is 27.9 Å². The predicted octanol–water partition coefficient (Wildman–Crippen LogP) is 4.15. The molecule has 0 spiro atoms. The maximum atomic E-state index is 12.8. The Morgan fingerprint density at radius 3 is 1.84 bits per heavy atom. The monoisotopic (exact) mass is 529 g/mol. The zero-order chi connectivity index (χ0) is 27.0. The van der Waals surface area contributed by atoms with Crippen molar-refractivity contribution in [1.29, 1.82) is 0 Å². The summed E-state index contributed by atoms with van der Waals surface area (Å²) in [7, 11) is 3.17. The van der Waals surface area contributed by atoms with Crippen LogP contribution in [0, 0.1) is 0 Å². The van der Waals surface area contributed by atoms with Crippen LogP contribution in [0.5, 0.6) is 34.5 Å². The molecule has 0 aliphatic carbocycles. The summed E-state index contributed by atoms with van der Waals surface area (Å²) in [6.07, 6.45) is 2.81. The van der Waals surface area contributed by atoms with Gasteiger partial charge in [-0.05, 0) is 42.5 Å². The molecular formula is C26H27NO9S. The minimum atomic E-state index is -4.18. The van der Waals surface area contributed by atoms with Crippen molar-refractivity contribution in [3.8, 4) is 34.5 Å². The average molecular weight is 530 g/mol. The van der Waals surface area contributed by atoms with E-state index < -0.39 is 16.0 Å². The zero-order valence-electron chi connectivity index (χ0n) is 20.9. The lowest BCUT2D eigenvalue weighted by atomic mass is 10.1. The highest BCUT2D eigenvalue weighted by Gasteiger charge is 2.20. The Morgan fingerprint density at radius 2 is 1.30 bits per heavy atom. The highest BCUT2D eigenvalue weighted by molar-refractivity contribution is 7.87. The van der Waals surface area contributed by atoms with Crippen LogP contribution >= 0.6 is 0 Å². The number of nitrogens with one attached hydrogen (secondary N) is 1. The molecule has 0 saturated heterocycles. The average Bonchev–Trinajstić information content (AvgIpc) is 2.91. The molecule has 0 heterocycles. The van der Waals surface area contributed by atoms with E-state index in [0.717, 1.165) is 0 Å². The van der Waals surface area contributed by atoms with E-state index in [1.807, 2.05) is 0 Å². The Balaban J connectivity index is 1.82. The first-order chi connectivity index (χ1) is 17.7. The molecule has 0 aromatic heterocycles. The highest BCUT2D eigenvalue weighted by atomic mass is 32.2. The molecule has 37 heavy (non-hydrogen) atoms. The third kappa shape index (κ3) is 6.64. The Labute approximate surface area is 215 Å². The zero-order valence-corrected chi connectivity index (χ0v) is 21.7. The van der Waals surface area contributed by atoms with Crippen molar-refractivity contribution in [1.82, 2.24) is 0 Å². The maximum Gasteiger partial charge on any atom is 0.339 e. The van der Waals surface area contributed by atoms with Crippen LogP contribution in [0.1, 0.15) is 5.56 Å². The summed E-state index contributed by atoms with van der Waals surface area (Å²) < 4.78 is 57.1. The van der Waals surface area contributed by atoms with Gasteiger partial charge in [-0.15, -0.1) is 0 Å². The van der Waals surface area contributed by atoms with Gasteiger partial charge in [0.25, 0.3) is 0 Å². The number of hydrogen-bond acceptors (Lipinski definition) is 9. The molecule has 196 valence electrons. The van der Waals surface area contributed by atoms with Gasteiger partial charge in [0.05, 0.1) is 41.1 Å². The smallest absolute Gasteiger partial charge is 0.339 e. The number of carbonyl (C=O) groups excluding carboxylic acids is 1. The van der Waals surface area contributed by atoms with E-state index in [1.165, 1.54) is 84.1 Å². The van der Waals surface area contributed by atoms with E-state index in [0.29, 0.717) is 28.6 Å². The lowest BCUT2D eigenvalue weighted by Gasteiger charge is -2.13. The number of methoxy groups -OCH3 is 5. The first-order valence-electron chi connectivity index (χ1n) is 10.8. The van der Waals surface area contributed by atoms with Crippen LogP contribution in [0.4, 0.5) is 5.69 Å². The molecule has 0 bridgehead atoms. The fraction of sp³-hybridized carbons (Fsp3) is 0.192. The van der Waals surface area contributed by atoms with Crippen LogP contribution in [0.25, 0.3) is 6.08 Å². The van der Waals surface area contributed by atoms with Crippen LogP contribution in [-0.4, -0.2) is 49.9 Å². The molecule has 10 nitrogen and oxygen atoms in total. The second kappa shape index (κ2) is 12.0. The van der Waals surface area contributed by atoms with Crippen molar-refractivity contribution in [2.24, 2.45) is 0 Å². The fourth-order valence-corrected chi connectivity index (χ4v) is 4.20. The molecule has 0 atom stereocenters. The maximum absolute atomic E-state index is 12.8. The predicted molar refractivity (Wildman–Crippen MR) is 138 cm³/mol. The van der Waals surface area contributed by atoms with Gasteiger partial charge in [-0.25, -0.2) is 0 Å². The van der Waals surface area contributed by atoms with Gasteiger partial charge in [-0.2, -0.15) is 8.42 Å². The van der Waals surface area contributed by atoms with Crippen molar-refractivity contribution in [3.63, 3.8) is 0 Å². The largest absolute Gasteiger partial charge is 0.497 e. The summed E-state index contributed by atoms with van der Waals surface area (Å²) in [6, 6.07) is 13.4. The van der Waals surface area contributed by atoms with Crippen LogP contribution in [0.3, 0.4) is 0 Å². The van der Waals surface area contributed by atoms with Crippen LogP contribution < -0.4 is 33.2 Å². The van der Waals surface area contributed by atoms with Gasteiger partial charge in [0.2, 0.25) is 5.91 Å². The molecule has 11 heteroatoms. The van der Waals surface area contributed by atoms with Crippen LogP contribution in [0.2, 0.25) is 0 Å². The molecule has 0 fully saturated rings. The van der Waals surface area contributed by atoms with Crippen molar-refractivity contribution in [2.45, 2.75) is 4.90 Å². The normalized spacial score (nSPS) is 11.1. The van der Waals surface area contributed by atoms with E-state index >= 15 is 0 Å². The first-order valence-corrected chi connectivity index (χ1v) is 12.2. The molecule has 1 amide bonds. The minimum Gasteiger partial charge on any atom is -0.497 e. The topological polar surface area (TPSA) is 119 Å². The third-order valence-corrected chi connectivity index (χ3v) is 6.38. The first kappa shape index (κ1) is 27.2. The van der Waals surface area contributed by atoms with Gasteiger partial charge in [0.1, 0.15) is 27.9 Å². The molecular weight excluding hydrogens is 502 g/mol. The van der Waals surface area contributed by atoms with Gasteiger partial charge in [0, 0.05) is 30.0 Å². The molecule has 3 aromatic carbocycles. The Morgan fingerprint density at radius 1 is 0.703 bits per heavy atom. The Hall–Kier alpha value is -4.38. The van der Waals surface area contributed by atoms with Gasteiger partial charge in [-0.3, -0.25) is 4.79 Å². The lowest BCUT2D eigenvalue weighted by Crippen LogP contribution is -2.12. The molecule has 0 aliphatic rings. The number of rotatable bonds is 11. The summed E-state index contributed by atoms with van der Waals surface area (Å²) in [6.45, 7) is 0. The number of ether oxygens (including phenoxy) is 5. The quantitative estimate of drug-likeness (QED) is 0.289. The van der Waals surface area contributed by atoms with Crippen molar-refractivity contribution >= 4 is 27.8 Å². The number of anilines is 1. The van der Waals surface area contributed by atoms with E-state index in [-0.39, 0.29) is 22.1 Å². The highest BCUT2D eigenvalue weighted by Crippen LogP contribution is 2.35. The number of carbonyl (C=O) groups is 1. The summed E-state index contributed by atoms with van der Waals surface area (Å²) in [5.74, 6) is 1.50. The minimum absolute atomic E-state index is 0.0740. The van der Waals surface area contributed by atoms with Crippen molar-refractivity contribution in [2.75, 3.05) is 40.9 Å². The van der Waals surface area contributed by atoms with Gasteiger partial charge in [0.15, 0.2) is 11.5 Å².